The topological polar surface area (TPSA) is 136 Å². The summed E-state index contributed by atoms with van der Waals surface area (Å²) in [5.41, 5.74) is 0.830. The second-order valence-corrected chi connectivity index (χ2v) is 5.45. The molecule has 0 saturated carbocycles. The molecule has 1 aliphatic heterocycles. The molecule has 1 heterocycles. The zero-order valence-corrected chi connectivity index (χ0v) is 8.35. The van der Waals surface area contributed by atoms with Crippen LogP contribution in [0.15, 0.2) is 23.1 Å². The van der Waals surface area contributed by atoms with E-state index in [0.29, 0.717) is 0 Å². The Morgan fingerprint density at radius 1 is 1.14 bits per heavy atom. The lowest BCUT2D eigenvalue weighted by molar-refractivity contribution is 0.161. The normalized spacial score (nSPS) is 17.7. The van der Waals surface area contributed by atoms with E-state index in [-0.39, 0.29) is 0 Å². The Bertz CT molecular complexity index is 386. The third kappa shape index (κ3) is 2.45. The molecule has 1 rings (SSSR count). The molecule has 1 aliphatic rings. The standard InChI is InChI=1S/C4H7NO7P2/c6-13(7,8)3-1-2-12-5-4(3)14(9,10)11/h1-2,5H,(H2,6,7,8)(H2,9,10,11). The lowest BCUT2D eigenvalue weighted by atomic mass is 10.5. The van der Waals surface area contributed by atoms with E-state index in [0.717, 1.165) is 12.3 Å². The Morgan fingerprint density at radius 2 is 1.71 bits per heavy atom. The highest BCUT2D eigenvalue weighted by atomic mass is 31.2. The Labute approximate surface area is 78.2 Å². The molecule has 0 radical (unpaired) electrons. The predicted octanol–water partition coefficient (Wildman–Crippen LogP) is -0.441. The molecule has 80 valence electrons. The first-order valence-corrected chi connectivity index (χ1v) is 6.40. The fourth-order valence-electron chi connectivity index (χ4n) is 0.763. The SMILES string of the molecule is O=P(O)(O)C1=C(P(=O)(O)O)NOC=C1. The number of rotatable bonds is 2. The minimum absolute atomic E-state index is 0.780. The van der Waals surface area contributed by atoms with Gasteiger partial charge in [-0.1, -0.05) is 0 Å². The Balaban J connectivity index is 3.33. The molecule has 0 saturated heterocycles. The maximum Gasteiger partial charge on any atom is 0.376 e. The first kappa shape index (κ1) is 11.5. The molecule has 0 aliphatic carbocycles. The maximum absolute atomic E-state index is 10.8. The van der Waals surface area contributed by atoms with E-state index in [1.54, 1.807) is 5.48 Å². The summed E-state index contributed by atoms with van der Waals surface area (Å²) in [7, 11) is -9.53. The third-order valence-electron chi connectivity index (χ3n) is 1.30. The Hall–Kier alpha value is -0.620. The van der Waals surface area contributed by atoms with Crippen molar-refractivity contribution in [1.82, 2.24) is 5.48 Å². The molecule has 0 spiro atoms. The lowest BCUT2D eigenvalue weighted by Gasteiger charge is -2.18. The van der Waals surface area contributed by atoms with Crippen LogP contribution in [0.3, 0.4) is 0 Å². The van der Waals surface area contributed by atoms with Crippen molar-refractivity contribution < 1.29 is 33.5 Å². The molecule has 10 heteroatoms. The quantitative estimate of drug-likeness (QED) is 0.411. The van der Waals surface area contributed by atoms with Gasteiger partial charge in [0.05, 0.1) is 0 Å². The van der Waals surface area contributed by atoms with Crippen LogP contribution in [0.25, 0.3) is 0 Å². The van der Waals surface area contributed by atoms with E-state index in [2.05, 4.69) is 4.84 Å². The summed E-state index contributed by atoms with van der Waals surface area (Å²) in [5.74, 6) is 0. The van der Waals surface area contributed by atoms with Crippen molar-refractivity contribution in [3.8, 4) is 0 Å². The fourth-order valence-corrected chi connectivity index (χ4v) is 2.67. The summed E-state index contributed by atoms with van der Waals surface area (Å²) in [4.78, 5) is 39.2. The van der Waals surface area contributed by atoms with Crippen molar-refractivity contribution in [1.29, 1.82) is 0 Å². The highest BCUT2D eigenvalue weighted by molar-refractivity contribution is 7.61. The van der Waals surface area contributed by atoms with Gasteiger partial charge in [-0.2, -0.15) is 0 Å². The molecule has 0 aromatic heterocycles. The van der Waals surface area contributed by atoms with E-state index in [1.165, 1.54) is 0 Å². The van der Waals surface area contributed by atoms with Gasteiger partial charge in [0.25, 0.3) is 0 Å². The van der Waals surface area contributed by atoms with Crippen molar-refractivity contribution in [3.05, 3.63) is 23.1 Å². The van der Waals surface area contributed by atoms with Crippen LogP contribution in [-0.4, -0.2) is 19.6 Å². The Kier molecular flexibility index (Phi) is 2.87. The van der Waals surface area contributed by atoms with Crippen molar-refractivity contribution in [3.63, 3.8) is 0 Å². The lowest BCUT2D eigenvalue weighted by Crippen LogP contribution is -2.16. The van der Waals surface area contributed by atoms with Gasteiger partial charge in [-0.05, 0) is 6.08 Å². The molecule has 0 fully saturated rings. The Morgan fingerprint density at radius 3 is 2.07 bits per heavy atom. The maximum atomic E-state index is 10.8. The van der Waals surface area contributed by atoms with Crippen LogP contribution < -0.4 is 5.48 Å². The number of nitrogens with one attached hydrogen (secondary N) is 1. The molecule has 0 amide bonds. The van der Waals surface area contributed by atoms with E-state index in [4.69, 9.17) is 19.6 Å². The van der Waals surface area contributed by atoms with Gasteiger partial charge in [0, 0.05) is 0 Å². The van der Waals surface area contributed by atoms with Gasteiger partial charge >= 0.3 is 15.2 Å². The molecule has 0 aromatic carbocycles. The molecular formula is C4H7NO7P2. The number of hydroxylamine groups is 1. The van der Waals surface area contributed by atoms with Gasteiger partial charge in [-0.3, -0.25) is 9.13 Å². The highest BCUT2D eigenvalue weighted by Crippen LogP contribution is 2.56. The smallest absolute Gasteiger partial charge is 0.376 e. The summed E-state index contributed by atoms with van der Waals surface area (Å²) < 4.78 is 21.6. The van der Waals surface area contributed by atoms with E-state index < -0.39 is 25.9 Å². The van der Waals surface area contributed by atoms with Crippen LogP contribution in [-0.2, 0) is 14.0 Å². The molecular weight excluding hydrogens is 236 g/mol. The molecule has 0 bridgehead atoms. The average Bonchev–Trinajstić information content (AvgIpc) is 2.01. The van der Waals surface area contributed by atoms with Crippen molar-refractivity contribution in [2.24, 2.45) is 0 Å². The summed E-state index contributed by atoms with van der Waals surface area (Å²) in [6.07, 6.45) is 1.67. The monoisotopic (exact) mass is 243 g/mol. The van der Waals surface area contributed by atoms with Gasteiger partial charge in [0.1, 0.15) is 11.6 Å². The minimum atomic E-state index is -4.79. The average molecular weight is 243 g/mol. The van der Waals surface area contributed by atoms with E-state index in [9.17, 15) is 9.13 Å². The van der Waals surface area contributed by atoms with Crippen LogP contribution >= 0.6 is 15.2 Å². The van der Waals surface area contributed by atoms with Crippen LogP contribution in [0.2, 0.25) is 0 Å². The zero-order chi connectivity index (χ0) is 11.0. The molecule has 5 N–H and O–H groups in total. The molecule has 0 unspecified atom stereocenters. The fraction of sp³-hybridized carbons (Fsp3) is 0. The third-order valence-corrected chi connectivity index (χ3v) is 3.39. The van der Waals surface area contributed by atoms with E-state index in [1.807, 2.05) is 0 Å². The molecule has 8 nitrogen and oxygen atoms in total. The number of hydrogen-bond donors (Lipinski definition) is 5. The summed E-state index contributed by atoms with van der Waals surface area (Å²) in [6, 6.07) is 0. The van der Waals surface area contributed by atoms with Gasteiger partial charge in [0.2, 0.25) is 0 Å². The first-order valence-electron chi connectivity index (χ1n) is 3.17. The summed E-state index contributed by atoms with van der Waals surface area (Å²) >= 11 is 0. The molecule has 0 atom stereocenters. The molecule has 0 aromatic rings. The van der Waals surface area contributed by atoms with E-state index >= 15 is 0 Å². The zero-order valence-electron chi connectivity index (χ0n) is 6.56. The van der Waals surface area contributed by atoms with Gasteiger partial charge in [0.15, 0.2) is 5.44 Å². The molecule has 14 heavy (non-hydrogen) atoms. The number of allylic oxidation sites excluding steroid dienone is 2. The largest absolute Gasteiger partial charge is 0.390 e. The number of hydrogen-bond acceptors (Lipinski definition) is 4. The first-order chi connectivity index (χ1) is 6.23. The predicted molar refractivity (Wildman–Crippen MR) is 44.5 cm³/mol. The van der Waals surface area contributed by atoms with Crippen LogP contribution in [0.4, 0.5) is 0 Å². The second-order valence-electron chi connectivity index (χ2n) is 2.34. The summed E-state index contributed by atoms with van der Waals surface area (Å²) in [6.45, 7) is 0. The van der Waals surface area contributed by atoms with Crippen molar-refractivity contribution >= 4 is 15.2 Å². The van der Waals surface area contributed by atoms with Crippen LogP contribution in [0.1, 0.15) is 0 Å². The van der Waals surface area contributed by atoms with Crippen molar-refractivity contribution in [2.45, 2.75) is 0 Å². The van der Waals surface area contributed by atoms with Gasteiger partial charge in [-0.15, -0.1) is 0 Å². The highest BCUT2D eigenvalue weighted by Gasteiger charge is 2.34. The van der Waals surface area contributed by atoms with Crippen LogP contribution in [0.5, 0.6) is 0 Å². The van der Waals surface area contributed by atoms with Crippen LogP contribution in [0, 0.1) is 0 Å². The van der Waals surface area contributed by atoms with Crippen molar-refractivity contribution in [2.75, 3.05) is 0 Å². The van der Waals surface area contributed by atoms with Gasteiger partial charge in [-0.25, -0.2) is 5.48 Å². The minimum Gasteiger partial charge on any atom is -0.390 e. The second kappa shape index (κ2) is 3.51. The van der Waals surface area contributed by atoms with Gasteiger partial charge < -0.3 is 24.4 Å². The summed E-state index contributed by atoms with van der Waals surface area (Å²) in [5, 5.41) is -0.780.